The van der Waals surface area contributed by atoms with Gasteiger partial charge in [-0.25, -0.2) is 0 Å². The number of hydrogen-bond acceptors (Lipinski definition) is 2. The van der Waals surface area contributed by atoms with Gasteiger partial charge in [-0.3, -0.25) is 4.68 Å². The van der Waals surface area contributed by atoms with Crippen molar-refractivity contribution in [1.82, 2.24) is 9.78 Å². The van der Waals surface area contributed by atoms with E-state index in [2.05, 4.69) is 16.0 Å². The van der Waals surface area contributed by atoms with Crippen molar-refractivity contribution in [1.29, 1.82) is 0 Å². The van der Waals surface area contributed by atoms with Crippen LogP contribution in [0.3, 0.4) is 0 Å². The Morgan fingerprint density at radius 3 is 2.18 bits per heavy atom. The predicted molar refractivity (Wildman–Crippen MR) is 71.1 cm³/mol. The SMILES string of the molecule is CCOCC.c1cnn(C2CCCCCC2)c1. The second-order valence-electron chi connectivity index (χ2n) is 4.41. The molecular weight excluding hydrogens is 212 g/mol. The minimum Gasteiger partial charge on any atom is -0.382 e. The maximum absolute atomic E-state index is 4.83. The second-order valence-corrected chi connectivity index (χ2v) is 4.41. The Labute approximate surface area is 105 Å². The standard InChI is InChI=1S/C10H16N2.C4H10O/c1-2-4-7-10(6-3-1)12-9-5-8-11-12;1-3-5-4-2/h5,8-10H,1-4,6-7H2;3-4H2,1-2H3. The fourth-order valence-corrected chi connectivity index (χ4v) is 2.22. The molecule has 3 nitrogen and oxygen atoms in total. The molecule has 1 aromatic rings. The fourth-order valence-electron chi connectivity index (χ4n) is 2.22. The highest BCUT2D eigenvalue weighted by molar-refractivity contribution is 4.82. The molecule has 0 aromatic carbocycles. The first-order valence-corrected chi connectivity index (χ1v) is 6.95. The van der Waals surface area contributed by atoms with Crippen LogP contribution in [0.4, 0.5) is 0 Å². The van der Waals surface area contributed by atoms with Gasteiger partial charge in [0.1, 0.15) is 0 Å². The minimum atomic E-state index is 0.683. The molecule has 0 spiro atoms. The van der Waals surface area contributed by atoms with Gasteiger partial charge in [-0.05, 0) is 32.8 Å². The highest BCUT2D eigenvalue weighted by atomic mass is 16.5. The molecule has 0 saturated heterocycles. The van der Waals surface area contributed by atoms with Crippen molar-refractivity contribution < 1.29 is 4.74 Å². The van der Waals surface area contributed by atoms with Gasteiger partial charge in [0.2, 0.25) is 0 Å². The molecule has 1 aliphatic carbocycles. The van der Waals surface area contributed by atoms with E-state index in [1.54, 1.807) is 0 Å². The van der Waals surface area contributed by atoms with E-state index in [1.165, 1.54) is 38.5 Å². The average molecular weight is 238 g/mol. The molecule has 17 heavy (non-hydrogen) atoms. The van der Waals surface area contributed by atoms with E-state index in [9.17, 15) is 0 Å². The van der Waals surface area contributed by atoms with Crippen molar-refractivity contribution in [2.24, 2.45) is 0 Å². The number of nitrogens with zero attached hydrogens (tertiary/aromatic N) is 2. The summed E-state index contributed by atoms with van der Waals surface area (Å²) in [6.07, 6.45) is 12.2. The van der Waals surface area contributed by atoms with Crippen LogP contribution in [-0.2, 0) is 4.74 Å². The Kier molecular flexibility index (Phi) is 7.72. The van der Waals surface area contributed by atoms with Crippen LogP contribution < -0.4 is 0 Å². The topological polar surface area (TPSA) is 27.1 Å². The summed E-state index contributed by atoms with van der Waals surface area (Å²) in [4.78, 5) is 0. The van der Waals surface area contributed by atoms with E-state index >= 15 is 0 Å². The van der Waals surface area contributed by atoms with E-state index in [0.29, 0.717) is 6.04 Å². The van der Waals surface area contributed by atoms with Gasteiger partial charge >= 0.3 is 0 Å². The van der Waals surface area contributed by atoms with Gasteiger partial charge in [0, 0.05) is 25.6 Å². The molecule has 98 valence electrons. The summed E-state index contributed by atoms with van der Waals surface area (Å²) in [5.41, 5.74) is 0. The van der Waals surface area contributed by atoms with E-state index < -0.39 is 0 Å². The first-order valence-electron chi connectivity index (χ1n) is 6.95. The maximum Gasteiger partial charge on any atom is 0.0519 e. The zero-order valence-electron chi connectivity index (χ0n) is 11.3. The van der Waals surface area contributed by atoms with Gasteiger partial charge in [0.05, 0.1) is 6.04 Å². The highest BCUT2D eigenvalue weighted by Crippen LogP contribution is 2.25. The second kappa shape index (κ2) is 9.23. The van der Waals surface area contributed by atoms with Crippen molar-refractivity contribution in [2.45, 2.75) is 58.4 Å². The van der Waals surface area contributed by atoms with Crippen LogP contribution in [0.25, 0.3) is 0 Å². The summed E-state index contributed by atoms with van der Waals surface area (Å²) < 4.78 is 6.96. The number of hydrogen-bond donors (Lipinski definition) is 0. The zero-order valence-corrected chi connectivity index (χ0v) is 11.3. The van der Waals surface area contributed by atoms with Gasteiger partial charge < -0.3 is 4.74 Å². The van der Waals surface area contributed by atoms with Gasteiger partial charge in [0.25, 0.3) is 0 Å². The summed E-state index contributed by atoms with van der Waals surface area (Å²) in [5, 5.41) is 4.30. The summed E-state index contributed by atoms with van der Waals surface area (Å²) in [6, 6.07) is 2.70. The van der Waals surface area contributed by atoms with Crippen molar-refractivity contribution in [2.75, 3.05) is 13.2 Å². The Morgan fingerprint density at radius 2 is 1.76 bits per heavy atom. The molecule has 1 aliphatic rings. The van der Waals surface area contributed by atoms with Crippen LogP contribution in [0.15, 0.2) is 18.5 Å². The molecule has 0 bridgehead atoms. The first-order chi connectivity index (χ1) is 8.38. The van der Waals surface area contributed by atoms with Crippen LogP contribution in [0.1, 0.15) is 58.4 Å². The number of ether oxygens (including phenoxy) is 1. The van der Waals surface area contributed by atoms with Crippen molar-refractivity contribution in [3.8, 4) is 0 Å². The summed E-state index contributed by atoms with van der Waals surface area (Å²) in [7, 11) is 0. The zero-order chi connectivity index (χ0) is 12.3. The molecule has 1 aromatic heterocycles. The lowest BCUT2D eigenvalue weighted by molar-refractivity contribution is 0.162. The van der Waals surface area contributed by atoms with Crippen LogP contribution in [0.5, 0.6) is 0 Å². The number of rotatable bonds is 3. The van der Waals surface area contributed by atoms with Gasteiger partial charge in [-0.15, -0.1) is 0 Å². The lowest BCUT2D eigenvalue weighted by atomic mass is 10.1. The normalized spacial score (nSPS) is 17.1. The lowest BCUT2D eigenvalue weighted by Gasteiger charge is -2.13. The predicted octanol–water partition coefficient (Wildman–Crippen LogP) is 3.82. The lowest BCUT2D eigenvalue weighted by Crippen LogP contribution is -2.07. The van der Waals surface area contributed by atoms with Crippen LogP contribution in [0, 0.1) is 0 Å². The third kappa shape index (κ3) is 5.87. The molecular formula is C14H26N2O. The molecule has 0 aliphatic heterocycles. The summed E-state index contributed by atoms with van der Waals surface area (Å²) >= 11 is 0. The third-order valence-electron chi connectivity index (χ3n) is 3.13. The largest absolute Gasteiger partial charge is 0.382 e. The van der Waals surface area contributed by atoms with E-state index in [4.69, 9.17) is 4.74 Å². The van der Waals surface area contributed by atoms with E-state index in [0.717, 1.165) is 13.2 Å². The Hall–Kier alpha value is -0.830. The van der Waals surface area contributed by atoms with Crippen molar-refractivity contribution >= 4 is 0 Å². The number of aromatic nitrogens is 2. The highest BCUT2D eigenvalue weighted by Gasteiger charge is 2.13. The molecule has 0 unspecified atom stereocenters. The average Bonchev–Trinajstić information content (AvgIpc) is 2.74. The van der Waals surface area contributed by atoms with Crippen molar-refractivity contribution in [3.05, 3.63) is 18.5 Å². The molecule has 0 atom stereocenters. The monoisotopic (exact) mass is 238 g/mol. The molecule has 1 saturated carbocycles. The molecule has 0 radical (unpaired) electrons. The molecule has 0 N–H and O–H groups in total. The van der Waals surface area contributed by atoms with Gasteiger partial charge in [-0.2, -0.15) is 5.10 Å². The van der Waals surface area contributed by atoms with E-state index in [-0.39, 0.29) is 0 Å². The first kappa shape index (κ1) is 14.2. The van der Waals surface area contributed by atoms with Crippen LogP contribution >= 0.6 is 0 Å². The molecule has 1 heterocycles. The third-order valence-corrected chi connectivity index (χ3v) is 3.13. The Morgan fingerprint density at radius 1 is 1.12 bits per heavy atom. The van der Waals surface area contributed by atoms with E-state index in [1.807, 2.05) is 26.1 Å². The van der Waals surface area contributed by atoms with Crippen molar-refractivity contribution in [3.63, 3.8) is 0 Å². The Bertz CT molecular complexity index is 249. The maximum atomic E-state index is 4.83. The van der Waals surface area contributed by atoms with Crippen LogP contribution in [0.2, 0.25) is 0 Å². The molecule has 3 heteroatoms. The van der Waals surface area contributed by atoms with Gasteiger partial charge in [-0.1, -0.05) is 25.7 Å². The fraction of sp³-hybridized carbons (Fsp3) is 0.786. The Balaban J connectivity index is 0.000000249. The van der Waals surface area contributed by atoms with Crippen LogP contribution in [-0.4, -0.2) is 23.0 Å². The minimum absolute atomic E-state index is 0.683. The molecule has 1 fully saturated rings. The molecule has 0 amide bonds. The van der Waals surface area contributed by atoms with Gasteiger partial charge in [0.15, 0.2) is 0 Å². The quantitative estimate of drug-likeness (QED) is 0.748. The summed E-state index contributed by atoms with van der Waals surface area (Å²) in [5.74, 6) is 0. The smallest absolute Gasteiger partial charge is 0.0519 e. The summed E-state index contributed by atoms with van der Waals surface area (Å²) in [6.45, 7) is 5.67. The molecule has 2 rings (SSSR count).